The molecule has 1 aromatic carbocycles. The van der Waals surface area contributed by atoms with Gasteiger partial charge >= 0.3 is 5.97 Å². The van der Waals surface area contributed by atoms with Gasteiger partial charge in [0.1, 0.15) is 12.0 Å². The molecule has 2 aliphatic carbocycles. The summed E-state index contributed by atoms with van der Waals surface area (Å²) in [4.78, 5) is 26.8. The van der Waals surface area contributed by atoms with E-state index in [2.05, 4.69) is 37.3 Å². The maximum atomic E-state index is 12.9. The van der Waals surface area contributed by atoms with Gasteiger partial charge in [0.25, 0.3) is 0 Å². The number of esters is 1. The number of benzene rings is 1. The number of carbonyl (C=O) groups excluding carboxylic acids is 2. The Hall–Kier alpha value is -2.20. The number of likely N-dealkylation sites (tertiary alicyclic amines) is 1. The minimum Gasteiger partial charge on any atom is -0.457 e. The number of hydrogen-bond donors (Lipinski definition) is 1. The number of hydrogen-bond acceptors (Lipinski definition) is 3. The molecule has 4 nitrogen and oxygen atoms in total. The zero-order valence-corrected chi connectivity index (χ0v) is 18.7. The summed E-state index contributed by atoms with van der Waals surface area (Å²) in [6.07, 6.45) is 9.14. The molecule has 2 saturated heterocycles. The predicted molar refractivity (Wildman–Crippen MR) is 119 cm³/mol. The first-order chi connectivity index (χ1) is 14.9. The zero-order chi connectivity index (χ0) is 21.6. The molecule has 4 aliphatic rings. The van der Waals surface area contributed by atoms with Crippen molar-refractivity contribution in [2.75, 3.05) is 19.6 Å². The van der Waals surface area contributed by atoms with Gasteiger partial charge in [0.15, 0.2) is 5.78 Å². The van der Waals surface area contributed by atoms with Crippen LogP contribution in [0.25, 0.3) is 0 Å². The number of piperidine rings is 1. The van der Waals surface area contributed by atoms with Crippen LogP contribution in [0.3, 0.4) is 0 Å². The molecular formula is C27H34NO3+. The van der Waals surface area contributed by atoms with Crippen molar-refractivity contribution in [3.8, 4) is 0 Å². The highest BCUT2D eigenvalue weighted by molar-refractivity contribution is 6.05. The Labute approximate surface area is 185 Å². The van der Waals surface area contributed by atoms with Gasteiger partial charge in [-0.25, -0.2) is 0 Å². The molecule has 0 amide bonds. The largest absolute Gasteiger partial charge is 0.457 e. The zero-order valence-electron chi connectivity index (χ0n) is 18.7. The number of carbonyl (C=O) groups is 2. The molecule has 1 aromatic rings. The minimum atomic E-state index is -0.208. The molecule has 4 heteroatoms. The molecule has 0 unspecified atom stereocenters. The number of rotatable bonds is 4. The van der Waals surface area contributed by atoms with Crippen molar-refractivity contribution in [3.63, 3.8) is 0 Å². The van der Waals surface area contributed by atoms with Gasteiger partial charge < -0.3 is 9.64 Å². The topological polar surface area (TPSA) is 47.8 Å². The van der Waals surface area contributed by atoms with Crippen LogP contribution in [-0.4, -0.2) is 37.5 Å². The van der Waals surface area contributed by atoms with E-state index >= 15 is 0 Å². The molecule has 4 atom stereocenters. The van der Waals surface area contributed by atoms with E-state index in [-0.39, 0.29) is 35.1 Å². The molecule has 31 heavy (non-hydrogen) atoms. The molecule has 0 radical (unpaired) electrons. The Balaban J connectivity index is 1.23. The monoisotopic (exact) mass is 420 g/mol. The van der Waals surface area contributed by atoms with Crippen LogP contribution in [0.2, 0.25) is 0 Å². The molecule has 2 aliphatic heterocycles. The maximum absolute atomic E-state index is 12.9. The standard InChI is InChI=1S/C27H33NO3/c1-18-23(29)9-13-27(2)12-8-21-22(26(30)31-25(21)24(18)27)17-28-14-10-20(11-15-28)16-19-6-4-3-5-7-19/h3-7,9,13,20-22,25H,8,10-12,14-17H2,1-2H3/p+1/t21-,22-,25-,27-/m0/s1. The number of allylic oxidation sites excluding steroid dienone is 3. The van der Waals surface area contributed by atoms with Crippen molar-refractivity contribution in [1.82, 2.24) is 0 Å². The lowest BCUT2D eigenvalue weighted by atomic mass is 9.61. The molecule has 0 bridgehead atoms. The summed E-state index contributed by atoms with van der Waals surface area (Å²) in [6.45, 7) is 7.25. The third kappa shape index (κ3) is 3.80. The van der Waals surface area contributed by atoms with E-state index in [1.165, 1.54) is 18.4 Å². The molecule has 5 rings (SSSR count). The summed E-state index contributed by atoms with van der Waals surface area (Å²) in [5, 5.41) is 0. The fourth-order valence-corrected chi connectivity index (χ4v) is 6.56. The highest BCUT2D eigenvalue weighted by Crippen LogP contribution is 2.52. The van der Waals surface area contributed by atoms with Crippen LogP contribution in [0.1, 0.15) is 45.1 Å². The molecule has 1 N–H and O–H groups in total. The van der Waals surface area contributed by atoms with Crippen LogP contribution in [0.5, 0.6) is 0 Å². The number of ether oxygens (including phenoxy) is 1. The van der Waals surface area contributed by atoms with Crippen LogP contribution in [0.15, 0.2) is 53.6 Å². The lowest BCUT2D eigenvalue weighted by molar-refractivity contribution is -0.908. The smallest absolute Gasteiger partial charge is 0.315 e. The van der Waals surface area contributed by atoms with Crippen LogP contribution < -0.4 is 4.90 Å². The lowest BCUT2D eigenvalue weighted by Gasteiger charge is -2.43. The van der Waals surface area contributed by atoms with E-state index in [9.17, 15) is 9.59 Å². The Morgan fingerprint density at radius 2 is 1.84 bits per heavy atom. The Morgan fingerprint density at radius 3 is 2.58 bits per heavy atom. The van der Waals surface area contributed by atoms with Gasteiger partial charge in [0.05, 0.1) is 19.6 Å². The van der Waals surface area contributed by atoms with Gasteiger partial charge in [-0.1, -0.05) is 43.3 Å². The quantitative estimate of drug-likeness (QED) is 0.762. The number of ketones is 1. The van der Waals surface area contributed by atoms with Crippen LogP contribution in [0, 0.1) is 23.2 Å². The lowest BCUT2D eigenvalue weighted by Crippen LogP contribution is -3.14. The van der Waals surface area contributed by atoms with Crippen molar-refractivity contribution in [2.45, 2.75) is 52.1 Å². The van der Waals surface area contributed by atoms with E-state index < -0.39 is 0 Å². The first-order valence-electron chi connectivity index (χ1n) is 12.0. The number of quaternary nitrogens is 1. The number of nitrogens with one attached hydrogen (secondary N) is 1. The van der Waals surface area contributed by atoms with Crippen LogP contribution in [0.4, 0.5) is 0 Å². The summed E-state index contributed by atoms with van der Waals surface area (Å²) in [5.74, 6) is 0.966. The third-order valence-corrected chi connectivity index (χ3v) is 8.41. The van der Waals surface area contributed by atoms with Gasteiger partial charge in [-0.2, -0.15) is 0 Å². The summed E-state index contributed by atoms with van der Waals surface area (Å²) < 4.78 is 5.98. The SMILES string of the molecule is CC1=C2[C@H]3OC(=O)[C@@H](C[NH+]4CCC(Cc5ccccc5)CC4)[C@@H]3CC[C@@]2(C)C=CC1=O. The molecule has 2 heterocycles. The van der Waals surface area contributed by atoms with E-state index in [1.807, 2.05) is 13.0 Å². The summed E-state index contributed by atoms with van der Waals surface area (Å²) in [5.41, 5.74) is 3.16. The van der Waals surface area contributed by atoms with Crippen LogP contribution >= 0.6 is 0 Å². The molecule has 1 saturated carbocycles. The van der Waals surface area contributed by atoms with Gasteiger partial charge in [-0.15, -0.1) is 0 Å². The molecule has 0 spiro atoms. The molecule has 164 valence electrons. The normalized spacial score (nSPS) is 37.4. The second-order valence-electron chi connectivity index (χ2n) is 10.4. The maximum Gasteiger partial charge on any atom is 0.315 e. The first-order valence-corrected chi connectivity index (χ1v) is 12.0. The molecule has 3 fully saturated rings. The van der Waals surface area contributed by atoms with Gasteiger partial charge in [-0.3, -0.25) is 9.59 Å². The van der Waals surface area contributed by atoms with Crippen molar-refractivity contribution < 1.29 is 19.2 Å². The minimum absolute atomic E-state index is 0.0310. The van der Waals surface area contributed by atoms with Gasteiger partial charge in [0.2, 0.25) is 0 Å². The van der Waals surface area contributed by atoms with Crippen molar-refractivity contribution >= 4 is 11.8 Å². The van der Waals surface area contributed by atoms with E-state index in [1.54, 1.807) is 11.0 Å². The highest BCUT2D eigenvalue weighted by Gasteiger charge is 2.55. The second kappa shape index (κ2) is 8.05. The van der Waals surface area contributed by atoms with E-state index in [0.29, 0.717) is 0 Å². The average Bonchev–Trinajstić information content (AvgIpc) is 3.08. The van der Waals surface area contributed by atoms with Crippen LogP contribution in [-0.2, 0) is 20.7 Å². The average molecular weight is 421 g/mol. The Kier molecular flexibility index (Phi) is 5.37. The van der Waals surface area contributed by atoms with E-state index in [0.717, 1.165) is 56.0 Å². The highest BCUT2D eigenvalue weighted by atomic mass is 16.6. The van der Waals surface area contributed by atoms with Crippen molar-refractivity contribution in [1.29, 1.82) is 0 Å². The first kappa shape index (κ1) is 20.7. The fourth-order valence-electron chi connectivity index (χ4n) is 6.56. The number of fused-ring (bicyclic) bond motifs is 3. The molecule has 0 aromatic heterocycles. The summed E-state index contributed by atoms with van der Waals surface area (Å²) in [6, 6.07) is 10.8. The fraction of sp³-hybridized carbons (Fsp3) is 0.556. The predicted octanol–water partition coefficient (Wildman–Crippen LogP) is 2.94. The second-order valence-corrected chi connectivity index (χ2v) is 10.4. The molecular weight excluding hydrogens is 386 g/mol. The van der Waals surface area contributed by atoms with Gasteiger partial charge in [0, 0.05) is 16.9 Å². The Bertz CT molecular complexity index is 925. The van der Waals surface area contributed by atoms with E-state index in [4.69, 9.17) is 4.74 Å². The summed E-state index contributed by atoms with van der Waals surface area (Å²) >= 11 is 0. The Morgan fingerprint density at radius 1 is 1.10 bits per heavy atom. The van der Waals surface area contributed by atoms with Gasteiger partial charge in [-0.05, 0) is 62.2 Å². The summed E-state index contributed by atoms with van der Waals surface area (Å²) in [7, 11) is 0. The van der Waals surface area contributed by atoms with Crippen molar-refractivity contribution in [2.24, 2.45) is 23.2 Å². The van der Waals surface area contributed by atoms with Crippen molar-refractivity contribution in [3.05, 3.63) is 59.2 Å². The third-order valence-electron chi connectivity index (χ3n) is 8.41.